The first kappa shape index (κ1) is 19.6. The van der Waals surface area contributed by atoms with E-state index in [9.17, 15) is 17.6 Å². The van der Waals surface area contributed by atoms with E-state index in [2.05, 4.69) is 10.5 Å². The van der Waals surface area contributed by atoms with Crippen LogP contribution in [-0.4, -0.2) is 33.3 Å². The van der Waals surface area contributed by atoms with Crippen LogP contribution in [0.25, 0.3) is 0 Å². The molecule has 0 aliphatic rings. The molecule has 1 N–H and O–H groups in total. The molecular weight excluding hydrogens is 357 g/mol. The minimum Gasteiger partial charge on any atom is -0.271 e. The number of hydrazone groups is 1. The summed E-state index contributed by atoms with van der Waals surface area (Å²) in [6.45, 7) is 3.28. The zero-order valence-corrected chi connectivity index (χ0v) is 15.5. The van der Waals surface area contributed by atoms with Gasteiger partial charge >= 0.3 is 0 Å². The quantitative estimate of drug-likeness (QED) is 0.620. The molecule has 0 spiro atoms. The monoisotopic (exact) mass is 377 g/mol. The van der Waals surface area contributed by atoms with E-state index in [1.165, 1.54) is 30.5 Å². The SMILES string of the molecule is Cc1ccc(N(CC(=O)N/N=C\c2ccc(F)cc2)S(C)(=O)=O)c(C)c1. The van der Waals surface area contributed by atoms with Crippen LogP contribution < -0.4 is 9.73 Å². The lowest BCUT2D eigenvalue weighted by molar-refractivity contribution is -0.119. The molecule has 0 aliphatic carbocycles. The van der Waals surface area contributed by atoms with Crippen molar-refractivity contribution in [3.8, 4) is 0 Å². The molecule has 0 radical (unpaired) electrons. The van der Waals surface area contributed by atoms with Gasteiger partial charge in [0.25, 0.3) is 5.91 Å². The zero-order valence-electron chi connectivity index (χ0n) is 14.7. The maximum absolute atomic E-state index is 12.8. The minimum atomic E-state index is -3.65. The van der Waals surface area contributed by atoms with Gasteiger partial charge < -0.3 is 0 Å². The molecule has 138 valence electrons. The Hall–Kier alpha value is -2.74. The number of benzene rings is 2. The Morgan fingerprint density at radius 3 is 2.42 bits per heavy atom. The lowest BCUT2D eigenvalue weighted by Crippen LogP contribution is -2.39. The van der Waals surface area contributed by atoms with Crippen LogP contribution in [0.4, 0.5) is 10.1 Å². The number of halogens is 1. The number of carbonyl (C=O) groups excluding carboxylic acids is 1. The molecule has 26 heavy (non-hydrogen) atoms. The number of nitrogens with one attached hydrogen (secondary N) is 1. The predicted octanol–water partition coefficient (Wildman–Crippen LogP) is 2.36. The van der Waals surface area contributed by atoms with Gasteiger partial charge in [-0.05, 0) is 43.2 Å². The first-order valence-corrected chi connectivity index (χ1v) is 9.64. The summed E-state index contributed by atoms with van der Waals surface area (Å²) >= 11 is 0. The Morgan fingerprint density at radius 2 is 1.85 bits per heavy atom. The Kier molecular flexibility index (Phi) is 6.10. The third-order valence-electron chi connectivity index (χ3n) is 3.58. The summed E-state index contributed by atoms with van der Waals surface area (Å²) in [4.78, 5) is 12.1. The highest BCUT2D eigenvalue weighted by Crippen LogP contribution is 2.23. The summed E-state index contributed by atoms with van der Waals surface area (Å²) in [6, 6.07) is 10.8. The van der Waals surface area contributed by atoms with Gasteiger partial charge in [0.15, 0.2) is 0 Å². The molecule has 0 aromatic heterocycles. The summed E-state index contributed by atoms with van der Waals surface area (Å²) in [7, 11) is -3.65. The summed E-state index contributed by atoms with van der Waals surface area (Å²) < 4.78 is 38.1. The first-order chi connectivity index (χ1) is 12.2. The molecule has 2 rings (SSSR count). The van der Waals surface area contributed by atoms with E-state index in [1.807, 2.05) is 13.0 Å². The van der Waals surface area contributed by atoms with Gasteiger partial charge in [-0.1, -0.05) is 29.8 Å². The highest BCUT2D eigenvalue weighted by atomic mass is 32.2. The molecule has 0 aliphatic heterocycles. The molecule has 0 unspecified atom stereocenters. The number of rotatable bonds is 6. The average molecular weight is 377 g/mol. The minimum absolute atomic E-state index is 0.372. The van der Waals surface area contributed by atoms with Crippen molar-refractivity contribution in [3.05, 3.63) is 65.0 Å². The van der Waals surface area contributed by atoms with E-state index < -0.39 is 22.5 Å². The van der Waals surface area contributed by atoms with Crippen LogP contribution >= 0.6 is 0 Å². The number of sulfonamides is 1. The number of nitrogens with zero attached hydrogens (tertiary/aromatic N) is 2. The number of carbonyl (C=O) groups is 1. The summed E-state index contributed by atoms with van der Waals surface area (Å²) in [5.74, 6) is -0.961. The lowest BCUT2D eigenvalue weighted by atomic mass is 10.1. The zero-order chi connectivity index (χ0) is 19.3. The second-order valence-corrected chi connectivity index (χ2v) is 7.81. The van der Waals surface area contributed by atoms with E-state index in [0.29, 0.717) is 11.3 Å². The highest BCUT2D eigenvalue weighted by Gasteiger charge is 2.22. The number of aryl methyl sites for hydroxylation is 2. The van der Waals surface area contributed by atoms with Crippen LogP contribution in [-0.2, 0) is 14.8 Å². The lowest BCUT2D eigenvalue weighted by Gasteiger charge is -2.23. The molecule has 0 saturated carbocycles. The van der Waals surface area contributed by atoms with Crippen LogP contribution in [0.15, 0.2) is 47.6 Å². The van der Waals surface area contributed by atoms with Gasteiger partial charge in [0, 0.05) is 0 Å². The topological polar surface area (TPSA) is 78.8 Å². The Balaban J connectivity index is 2.11. The van der Waals surface area contributed by atoms with E-state index >= 15 is 0 Å². The smallest absolute Gasteiger partial charge is 0.260 e. The molecule has 1 amide bonds. The van der Waals surface area contributed by atoms with Gasteiger partial charge in [-0.25, -0.2) is 18.2 Å². The molecule has 0 heterocycles. The van der Waals surface area contributed by atoms with Gasteiger partial charge in [0.1, 0.15) is 12.4 Å². The Labute approximate surface area is 152 Å². The molecule has 0 saturated heterocycles. The third-order valence-corrected chi connectivity index (χ3v) is 4.71. The number of anilines is 1. The van der Waals surface area contributed by atoms with Gasteiger partial charge in [-0.3, -0.25) is 9.10 Å². The fourth-order valence-corrected chi connectivity index (χ4v) is 3.27. The van der Waals surface area contributed by atoms with Gasteiger partial charge in [-0.2, -0.15) is 5.10 Å². The fourth-order valence-electron chi connectivity index (χ4n) is 2.36. The second kappa shape index (κ2) is 8.09. The van der Waals surface area contributed by atoms with Crippen LogP contribution in [0.3, 0.4) is 0 Å². The largest absolute Gasteiger partial charge is 0.271 e. The molecular formula is C18H20FN3O3S. The van der Waals surface area contributed by atoms with E-state index in [0.717, 1.165) is 21.7 Å². The van der Waals surface area contributed by atoms with Crippen molar-refractivity contribution in [2.45, 2.75) is 13.8 Å². The number of hydrogen-bond donors (Lipinski definition) is 1. The number of amides is 1. The first-order valence-electron chi connectivity index (χ1n) is 7.79. The molecule has 6 nitrogen and oxygen atoms in total. The maximum atomic E-state index is 12.8. The number of hydrogen-bond acceptors (Lipinski definition) is 4. The molecule has 0 atom stereocenters. The van der Waals surface area contributed by atoms with Crippen LogP contribution in [0, 0.1) is 19.7 Å². The Morgan fingerprint density at radius 1 is 1.19 bits per heavy atom. The average Bonchev–Trinajstić information content (AvgIpc) is 2.54. The Bertz CT molecular complexity index is 925. The van der Waals surface area contributed by atoms with Crippen LogP contribution in [0.5, 0.6) is 0 Å². The molecule has 2 aromatic carbocycles. The summed E-state index contributed by atoms with van der Waals surface area (Å²) in [5.41, 5.74) is 5.06. The van der Waals surface area contributed by atoms with Gasteiger partial charge in [0.05, 0.1) is 18.2 Å². The van der Waals surface area contributed by atoms with Gasteiger partial charge in [-0.15, -0.1) is 0 Å². The molecule has 2 aromatic rings. The van der Waals surface area contributed by atoms with Crippen molar-refractivity contribution in [2.75, 3.05) is 17.1 Å². The van der Waals surface area contributed by atoms with Crippen molar-refractivity contribution in [2.24, 2.45) is 5.10 Å². The van der Waals surface area contributed by atoms with E-state index in [1.54, 1.807) is 19.1 Å². The van der Waals surface area contributed by atoms with E-state index in [-0.39, 0.29) is 5.82 Å². The molecule has 0 bridgehead atoms. The normalized spacial score (nSPS) is 11.5. The highest BCUT2D eigenvalue weighted by molar-refractivity contribution is 7.92. The van der Waals surface area contributed by atoms with Crippen LogP contribution in [0.2, 0.25) is 0 Å². The third kappa shape index (κ3) is 5.38. The van der Waals surface area contributed by atoms with E-state index in [4.69, 9.17) is 0 Å². The summed E-state index contributed by atoms with van der Waals surface area (Å²) in [6.07, 6.45) is 2.39. The summed E-state index contributed by atoms with van der Waals surface area (Å²) in [5, 5.41) is 3.77. The van der Waals surface area contributed by atoms with Crippen molar-refractivity contribution < 1.29 is 17.6 Å². The van der Waals surface area contributed by atoms with Crippen molar-refractivity contribution in [3.63, 3.8) is 0 Å². The van der Waals surface area contributed by atoms with Gasteiger partial charge in [0.2, 0.25) is 10.0 Å². The molecule has 8 heteroatoms. The maximum Gasteiger partial charge on any atom is 0.260 e. The molecule has 0 fully saturated rings. The van der Waals surface area contributed by atoms with Crippen molar-refractivity contribution in [1.82, 2.24) is 5.43 Å². The standard InChI is InChI=1S/C18H20FN3O3S/c1-13-4-9-17(14(2)10-13)22(26(3,24)25)12-18(23)21-20-11-15-5-7-16(19)8-6-15/h4-11H,12H2,1-3H3,(H,21,23)/b20-11-. The van der Waals surface area contributed by atoms with Crippen molar-refractivity contribution in [1.29, 1.82) is 0 Å². The second-order valence-electron chi connectivity index (χ2n) is 5.90. The fraction of sp³-hybridized carbons (Fsp3) is 0.222. The predicted molar refractivity (Wildman–Crippen MR) is 100 cm³/mol. The van der Waals surface area contributed by atoms with Crippen LogP contribution in [0.1, 0.15) is 16.7 Å². The van der Waals surface area contributed by atoms with Crippen molar-refractivity contribution >= 4 is 27.8 Å².